The Balaban J connectivity index is 1.97. The van der Waals surface area contributed by atoms with Crippen LogP contribution in [0.3, 0.4) is 0 Å². The van der Waals surface area contributed by atoms with E-state index in [-0.39, 0.29) is 12.1 Å². The molecule has 86 valence electrons. The van der Waals surface area contributed by atoms with Crippen LogP contribution in [-0.2, 0) is 9.53 Å². The number of rotatable bonds is 4. The zero-order chi connectivity index (χ0) is 10.8. The van der Waals surface area contributed by atoms with Crippen molar-refractivity contribution in [1.29, 1.82) is 0 Å². The second-order valence-electron chi connectivity index (χ2n) is 4.62. The lowest BCUT2D eigenvalue weighted by Gasteiger charge is -2.35. The maximum absolute atomic E-state index is 11.2. The van der Waals surface area contributed by atoms with Crippen molar-refractivity contribution in [2.75, 3.05) is 20.2 Å². The monoisotopic (exact) mass is 213 g/mol. The molecule has 0 aromatic heterocycles. The molecule has 4 heteroatoms. The summed E-state index contributed by atoms with van der Waals surface area (Å²) in [7, 11) is 1.71. The summed E-state index contributed by atoms with van der Waals surface area (Å²) in [5, 5.41) is 9.21. The molecule has 2 atom stereocenters. The van der Waals surface area contributed by atoms with Crippen molar-refractivity contribution in [3.05, 3.63) is 0 Å². The third-order valence-electron chi connectivity index (χ3n) is 3.46. The van der Waals surface area contributed by atoms with Gasteiger partial charge in [-0.05, 0) is 38.1 Å². The topological polar surface area (TPSA) is 49.8 Å². The number of methoxy groups -OCH3 is 1. The minimum Gasteiger partial charge on any atom is -0.480 e. The Hall–Kier alpha value is -0.610. The summed E-state index contributed by atoms with van der Waals surface area (Å²) in [4.78, 5) is 13.3. The van der Waals surface area contributed by atoms with E-state index >= 15 is 0 Å². The minimum absolute atomic E-state index is 0.222. The number of hydrogen-bond donors (Lipinski definition) is 1. The molecule has 2 unspecified atom stereocenters. The standard InChI is InChI=1S/C11H19NO3/c1-15-9-3-2-6-12(7-9)10(11(13)14)8-4-5-8/h8-10H,2-7H2,1H3,(H,13,14). The number of aliphatic carboxylic acids is 1. The van der Waals surface area contributed by atoms with Gasteiger partial charge in [0.15, 0.2) is 0 Å². The third kappa shape index (κ3) is 2.49. The van der Waals surface area contributed by atoms with Crippen LogP contribution in [0.1, 0.15) is 25.7 Å². The van der Waals surface area contributed by atoms with Gasteiger partial charge in [0.25, 0.3) is 0 Å². The summed E-state index contributed by atoms with van der Waals surface area (Å²) >= 11 is 0. The zero-order valence-corrected chi connectivity index (χ0v) is 9.19. The molecular weight excluding hydrogens is 194 g/mol. The summed E-state index contributed by atoms with van der Waals surface area (Å²) in [6, 6.07) is -0.261. The van der Waals surface area contributed by atoms with Crippen molar-refractivity contribution in [1.82, 2.24) is 4.90 Å². The fourth-order valence-corrected chi connectivity index (χ4v) is 2.48. The van der Waals surface area contributed by atoms with E-state index in [2.05, 4.69) is 4.90 Å². The molecule has 1 saturated heterocycles. The average molecular weight is 213 g/mol. The van der Waals surface area contributed by atoms with Gasteiger partial charge in [-0.25, -0.2) is 0 Å². The van der Waals surface area contributed by atoms with Gasteiger partial charge in [-0.2, -0.15) is 0 Å². The Kier molecular flexibility index (Phi) is 3.26. The number of piperidine rings is 1. The van der Waals surface area contributed by atoms with Crippen molar-refractivity contribution >= 4 is 5.97 Å². The van der Waals surface area contributed by atoms with Crippen molar-refractivity contribution in [2.24, 2.45) is 5.92 Å². The van der Waals surface area contributed by atoms with E-state index in [9.17, 15) is 9.90 Å². The number of likely N-dealkylation sites (tertiary alicyclic amines) is 1. The van der Waals surface area contributed by atoms with Gasteiger partial charge in [0, 0.05) is 13.7 Å². The fourth-order valence-electron chi connectivity index (χ4n) is 2.48. The van der Waals surface area contributed by atoms with Crippen LogP contribution in [0.5, 0.6) is 0 Å². The van der Waals surface area contributed by atoms with Crippen LogP contribution in [0.25, 0.3) is 0 Å². The van der Waals surface area contributed by atoms with E-state index in [0.717, 1.165) is 38.8 Å². The van der Waals surface area contributed by atoms with Crippen molar-refractivity contribution in [3.8, 4) is 0 Å². The number of carboxylic acid groups (broad SMARTS) is 1. The first kappa shape index (κ1) is 10.9. The lowest BCUT2D eigenvalue weighted by Crippen LogP contribution is -2.49. The summed E-state index contributed by atoms with van der Waals surface area (Å²) < 4.78 is 5.32. The molecule has 2 aliphatic rings. The van der Waals surface area contributed by atoms with Crippen LogP contribution < -0.4 is 0 Å². The van der Waals surface area contributed by atoms with Gasteiger partial charge >= 0.3 is 5.97 Å². The van der Waals surface area contributed by atoms with Crippen LogP contribution in [0.4, 0.5) is 0 Å². The first-order valence-electron chi connectivity index (χ1n) is 5.72. The first-order chi connectivity index (χ1) is 7.22. The molecule has 2 fully saturated rings. The van der Waals surface area contributed by atoms with Gasteiger partial charge in [-0.1, -0.05) is 0 Å². The number of carbonyl (C=O) groups is 1. The smallest absolute Gasteiger partial charge is 0.321 e. The first-order valence-corrected chi connectivity index (χ1v) is 5.72. The van der Waals surface area contributed by atoms with E-state index in [1.165, 1.54) is 0 Å². The summed E-state index contributed by atoms with van der Waals surface area (Å²) in [5.74, 6) is -0.271. The van der Waals surface area contributed by atoms with Crippen LogP contribution >= 0.6 is 0 Å². The number of carboxylic acids is 1. The van der Waals surface area contributed by atoms with Crippen molar-refractivity contribution in [3.63, 3.8) is 0 Å². The molecule has 0 aromatic rings. The van der Waals surface area contributed by atoms with Crippen LogP contribution in [0, 0.1) is 5.92 Å². The summed E-state index contributed by atoms with van der Waals surface area (Å²) in [6.45, 7) is 1.69. The SMILES string of the molecule is COC1CCCN(C(C(=O)O)C2CC2)C1. The Morgan fingerprint density at radius 3 is 2.73 bits per heavy atom. The van der Waals surface area contributed by atoms with Gasteiger partial charge in [0.2, 0.25) is 0 Å². The number of ether oxygens (including phenoxy) is 1. The van der Waals surface area contributed by atoms with Crippen LogP contribution in [0.2, 0.25) is 0 Å². The van der Waals surface area contributed by atoms with Gasteiger partial charge in [0.05, 0.1) is 6.10 Å². The Morgan fingerprint density at radius 1 is 1.47 bits per heavy atom. The zero-order valence-electron chi connectivity index (χ0n) is 9.19. The molecule has 1 N–H and O–H groups in total. The molecule has 15 heavy (non-hydrogen) atoms. The second-order valence-corrected chi connectivity index (χ2v) is 4.62. The normalized spacial score (nSPS) is 30.1. The molecule has 2 rings (SSSR count). The lowest BCUT2D eigenvalue weighted by atomic mass is 10.0. The van der Waals surface area contributed by atoms with E-state index in [4.69, 9.17) is 4.74 Å². The van der Waals surface area contributed by atoms with E-state index < -0.39 is 5.97 Å². The molecule has 0 amide bonds. The van der Waals surface area contributed by atoms with E-state index in [1.807, 2.05) is 0 Å². The quantitative estimate of drug-likeness (QED) is 0.755. The van der Waals surface area contributed by atoms with Crippen molar-refractivity contribution < 1.29 is 14.6 Å². The Labute approximate surface area is 90.2 Å². The van der Waals surface area contributed by atoms with Gasteiger partial charge in [-0.3, -0.25) is 9.69 Å². The third-order valence-corrected chi connectivity index (χ3v) is 3.46. The van der Waals surface area contributed by atoms with Crippen LogP contribution in [0.15, 0.2) is 0 Å². The predicted molar refractivity (Wildman–Crippen MR) is 55.8 cm³/mol. The minimum atomic E-state index is -0.658. The molecule has 1 aliphatic heterocycles. The molecule has 0 bridgehead atoms. The molecule has 0 aromatic carbocycles. The van der Waals surface area contributed by atoms with Crippen molar-refractivity contribution in [2.45, 2.75) is 37.8 Å². The summed E-state index contributed by atoms with van der Waals surface area (Å²) in [5.41, 5.74) is 0. The maximum atomic E-state index is 11.2. The molecular formula is C11H19NO3. The Bertz CT molecular complexity index is 240. The highest BCUT2D eigenvalue weighted by molar-refractivity contribution is 5.74. The highest BCUT2D eigenvalue weighted by Gasteiger charge is 2.41. The summed E-state index contributed by atoms with van der Waals surface area (Å²) in [6.07, 6.45) is 4.48. The molecule has 1 aliphatic carbocycles. The largest absolute Gasteiger partial charge is 0.480 e. The average Bonchev–Trinajstić information content (AvgIpc) is 3.02. The predicted octanol–water partition coefficient (Wildman–Crippen LogP) is 0.960. The van der Waals surface area contributed by atoms with E-state index in [0.29, 0.717) is 5.92 Å². The number of nitrogens with zero attached hydrogens (tertiary/aromatic N) is 1. The second kappa shape index (κ2) is 4.49. The highest BCUT2D eigenvalue weighted by Crippen LogP contribution is 2.36. The van der Waals surface area contributed by atoms with Gasteiger partial charge in [0.1, 0.15) is 6.04 Å². The van der Waals surface area contributed by atoms with Crippen LogP contribution in [-0.4, -0.2) is 48.3 Å². The maximum Gasteiger partial charge on any atom is 0.321 e. The van der Waals surface area contributed by atoms with Gasteiger partial charge < -0.3 is 9.84 Å². The molecule has 0 spiro atoms. The molecule has 1 heterocycles. The lowest BCUT2D eigenvalue weighted by molar-refractivity contribution is -0.145. The Morgan fingerprint density at radius 2 is 2.20 bits per heavy atom. The highest BCUT2D eigenvalue weighted by atomic mass is 16.5. The fraction of sp³-hybridized carbons (Fsp3) is 0.909. The molecule has 0 radical (unpaired) electrons. The van der Waals surface area contributed by atoms with Gasteiger partial charge in [-0.15, -0.1) is 0 Å². The van der Waals surface area contributed by atoms with E-state index in [1.54, 1.807) is 7.11 Å². The molecule has 1 saturated carbocycles. The molecule has 4 nitrogen and oxygen atoms in total. The number of hydrogen-bond acceptors (Lipinski definition) is 3.